The highest BCUT2D eigenvalue weighted by Crippen LogP contribution is 2.41. The molecule has 0 aromatic heterocycles. The number of fused-ring (bicyclic) bond motifs is 1. The number of halogens is 2. The second-order valence-electron chi connectivity index (χ2n) is 5.60. The Balaban J connectivity index is 2.12. The van der Waals surface area contributed by atoms with Crippen LogP contribution in [-0.4, -0.2) is 31.1 Å². The molecule has 7 heteroatoms. The fourth-order valence-corrected chi connectivity index (χ4v) is 2.99. The zero-order chi connectivity index (χ0) is 18.7. The van der Waals surface area contributed by atoms with Gasteiger partial charge in [0.25, 0.3) is 5.91 Å². The first-order valence-corrected chi connectivity index (χ1v) is 7.96. The molecule has 2 aromatic carbocycles. The number of alkyl halides is 2. The Morgan fingerprint density at radius 2 is 2.04 bits per heavy atom. The summed E-state index contributed by atoms with van der Waals surface area (Å²) in [5.74, 6) is -0.173. The van der Waals surface area contributed by atoms with E-state index in [0.29, 0.717) is 16.8 Å². The minimum absolute atomic E-state index is 0.108. The fourth-order valence-electron chi connectivity index (χ4n) is 2.99. The third kappa shape index (κ3) is 3.20. The van der Waals surface area contributed by atoms with Crippen LogP contribution in [0.3, 0.4) is 0 Å². The van der Waals surface area contributed by atoms with Crippen LogP contribution in [0.5, 0.6) is 11.5 Å². The number of para-hydroxylation sites is 2. The van der Waals surface area contributed by atoms with E-state index in [1.54, 1.807) is 42.5 Å². The Hall–Kier alpha value is -3.09. The van der Waals surface area contributed by atoms with Gasteiger partial charge in [-0.1, -0.05) is 30.3 Å². The molecule has 0 radical (unpaired) electrons. The third-order valence-electron chi connectivity index (χ3n) is 4.08. The molecular formula is C19H18F2N2O3. The van der Waals surface area contributed by atoms with E-state index >= 15 is 0 Å². The van der Waals surface area contributed by atoms with Crippen molar-refractivity contribution in [3.63, 3.8) is 0 Å². The van der Waals surface area contributed by atoms with Crippen molar-refractivity contribution in [2.45, 2.75) is 12.8 Å². The minimum Gasteiger partial charge on any atom is -0.493 e. The molecule has 1 unspecified atom stereocenters. The van der Waals surface area contributed by atoms with Crippen LogP contribution in [0.4, 0.5) is 14.5 Å². The van der Waals surface area contributed by atoms with Crippen molar-refractivity contribution in [3.8, 4) is 11.5 Å². The molecule has 0 aliphatic carbocycles. The van der Waals surface area contributed by atoms with Crippen molar-refractivity contribution in [3.05, 3.63) is 66.2 Å². The summed E-state index contributed by atoms with van der Waals surface area (Å²) in [7, 11) is 1.37. The number of nitrogens with one attached hydrogen (secondary N) is 1. The summed E-state index contributed by atoms with van der Waals surface area (Å²) in [6, 6.07) is 11.8. The fraction of sp³-hybridized carbons (Fsp3) is 0.211. The maximum atomic E-state index is 13.0. The number of carbonyl (C=O) groups is 1. The number of benzene rings is 2. The van der Waals surface area contributed by atoms with Gasteiger partial charge in [-0.05, 0) is 18.2 Å². The number of anilines is 1. The van der Waals surface area contributed by atoms with E-state index in [1.807, 2.05) is 0 Å². The standard InChI is InChI=1S/C19H18F2N2O3/c1-3-11-23-17(22-14-9-5-4-7-12(14)18(23)24)13-8-6-10-15(25-2)16(13)26-19(20)21/h3-10,17,19,22H,1,11H2,2H3. The van der Waals surface area contributed by atoms with Crippen molar-refractivity contribution in [2.24, 2.45) is 0 Å². The van der Waals surface area contributed by atoms with E-state index in [9.17, 15) is 13.6 Å². The number of methoxy groups -OCH3 is 1. The Morgan fingerprint density at radius 1 is 1.27 bits per heavy atom. The summed E-state index contributed by atoms with van der Waals surface area (Å²) in [4.78, 5) is 14.4. The van der Waals surface area contributed by atoms with Gasteiger partial charge in [-0.25, -0.2) is 0 Å². The van der Waals surface area contributed by atoms with Gasteiger partial charge in [0.15, 0.2) is 11.5 Å². The third-order valence-corrected chi connectivity index (χ3v) is 4.08. The molecule has 136 valence electrons. The van der Waals surface area contributed by atoms with Gasteiger partial charge in [0.05, 0.1) is 12.7 Å². The lowest BCUT2D eigenvalue weighted by atomic mass is 10.0. The van der Waals surface area contributed by atoms with Crippen molar-refractivity contribution < 1.29 is 23.0 Å². The maximum absolute atomic E-state index is 13.0. The summed E-state index contributed by atoms with van der Waals surface area (Å²) in [6.45, 7) is 0.889. The Kier molecular flexibility index (Phi) is 5.06. The van der Waals surface area contributed by atoms with Crippen molar-refractivity contribution in [2.75, 3.05) is 19.0 Å². The highest BCUT2D eigenvalue weighted by Gasteiger charge is 2.34. The number of ether oxygens (including phenoxy) is 2. The number of hydrogen-bond donors (Lipinski definition) is 1. The Morgan fingerprint density at radius 3 is 2.73 bits per heavy atom. The van der Waals surface area contributed by atoms with Gasteiger partial charge in [-0.3, -0.25) is 4.79 Å². The van der Waals surface area contributed by atoms with Gasteiger partial charge in [0.2, 0.25) is 0 Å². The zero-order valence-electron chi connectivity index (χ0n) is 14.1. The number of carbonyl (C=O) groups excluding carboxylic acids is 1. The second kappa shape index (κ2) is 7.43. The lowest BCUT2D eigenvalue weighted by Gasteiger charge is -2.38. The minimum atomic E-state index is -3.02. The number of nitrogens with zero attached hydrogens (tertiary/aromatic N) is 1. The van der Waals surface area contributed by atoms with E-state index < -0.39 is 12.8 Å². The van der Waals surface area contributed by atoms with Gasteiger partial charge in [-0.15, -0.1) is 6.58 Å². The van der Waals surface area contributed by atoms with Crippen molar-refractivity contribution >= 4 is 11.6 Å². The molecule has 0 fully saturated rings. The highest BCUT2D eigenvalue weighted by atomic mass is 19.3. The van der Waals surface area contributed by atoms with Crippen LogP contribution in [0.1, 0.15) is 22.1 Å². The van der Waals surface area contributed by atoms with Crippen LogP contribution in [0, 0.1) is 0 Å². The number of amides is 1. The Bertz CT molecular complexity index is 826. The summed E-state index contributed by atoms with van der Waals surface area (Å²) in [6.07, 6.45) is 0.869. The lowest BCUT2D eigenvalue weighted by molar-refractivity contribution is -0.0523. The normalized spacial score (nSPS) is 16.1. The molecule has 1 aliphatic rings. The first-order chi connectivity index (χ1) is 12.6. The van der Waals surface area contributed by atoms with E-state index in [4.69, 9.17) is 9.47 Å². The Labute approximate surface area is 149 Å². The maximum Gasteiger partial charge on any atom is 0.387 e. The van der Waals surface area contributed by atoms with E-state index in [1.165, 1.54) is 18.1 Å². The smallest absolute Gasteiger partial charge is 0.387 e. The quantitative estimate of drug-likeness (QED) is 0.790. The molecule has 0 saturated heterocycles. The van der Waals surface area contributed by atoms with Crippen LogP contribution < -0.4 is 14.8 Å². The van der Waals surface area contributed by atoms with Crippen molar-refractivity contribution in [1.82, 2.24) is 4.90 Å². The molecule has 0 saturated carbocycles. The summed E-state index contributed by atoms with van der Waals surface area (Å²) in [5.41, 5.74) is 1.49. The average Bonchev–Trinajstić information content (AvgIpc) is 2.64. The molecule has 1 amide bonds. The lowest BCUT2D eigenvalue weighted by Crippen LogP contribution is -2.43. The summed E-state index contributed by atoms with van der Waals surface area (Å²) in [5, 5.41) is 3.22. The van der Waals surface area contributed by atoms with E-state index in [2.05, 4.69) is 11.9 Å². The van der Waals surface area contributed by atoms with E-state index in [0.717, 1.165) is 0 Å². The van der Waals surface area contributed by atoms with Crippen molar-refractivity contribution in [1.29, 1.82) is 0 Å². The van der Waals surface area contributed by atoms with Crippen LogP contribution in [0.2, 0.25) is 0 Å². The van der Waals surface area contributed by atoms with Gasteiger partial charge < -0.3 is 19.7 Å². The largest absolute Gasteiger partial charge is 0.493 e. The van der Waals surface area contributed by atoms with Gasteiger partial charge in [0, 0.05) is 17.8 Å². The monoisotopic (exact) mass is 360 g/mol. The van der Waals surface area contributed by atoms with Crippen LogP contribution in [0.15, 0.2) is 55.1 Å². The molecule has 1 aliphatic heterocycles. The predicted molar refractivity (Wildman–Crippen MR) is 93.7 cm³/mol. The molecule has 1 N–H and O–H groups in total. The molecule has 1 heterocycles. The molecule has 3 rings (SSSR count). The van der Waals surface area contributed by atoms with Gasteiger partial charge >= 0.3 is 6.61 Å². The van der Waals surface area contributed by atoms with Crippen LogP contribution in [-0.2, 0) is 0 Å². The first kappa shape index (κ1) is 17.7. The number of hydrogen-bond acceptors (Lipinski definition) is 4. The molecule has 2 aromatic rings. The molecule has 5 nitrogen and oxygen atoms in total. The van der Waals surface area contributed by atoms with Crippen LogP contribution in [0.25, 0.3) is 0 Å². The van der Waals surface area contributed by atoms with Crippen LogP contribution >= 0.6 is 0 Å². The molecular weight excluding hydrogens is 342 g/mol. The van der Waals surface area contributed by atoms with Gasteiger partial charge in [-0.2, -0.15) is 8.78 Å². The average molecular weight is 360 g/mol. The SMILES string of the molecule is C=CCN1C(=O)c2ccccc2NC1c1cccc(OC)c1OC(F)F. The molecule has 0 bridgehead atoms. The molecule has 1 atom stereocenters. The highest BCUT2D eigenvalue weighted by molar-refractivity contribution is 6.01. The predicted octanol–water partition coefficient (Wildman–Crippen LogP) is 4.05. The summed E-state index contributed by atoms with van der Waals surface area (Å²) < 4.78 is 35.8. The van der Waals surface area contributed by atoms with Gasteiger partial charge in [0.1, 0.15) is 6.17 Å². The van der Waals surface area contributed by atoms with E-state index in [-0.39, 0.29) is 24.0 Å². The summed E-state index contributed by atoms with van der Waals surface area (Å²) >= 11 is 0. The zero-order valence-corrected chi connectivity index (χ0v) is 14.1. The topological polar surface area (TPSA) is 50.8 Å². The number of rotatable bonds is 6. The second-order valence-corrected chi connectivity index (χ2v) is 5.60. The molecule has 0 spiro atoms. The first-order valence-electron chi connectivity index (χ1n) is 7.96. The molecule has 26 heavy (non-hydrogen) atoms.